The second kappa shape index (κ2) is 5.14. The topological polar surface area (TPSA) is 44.1 Å². The van der Waals surface area contributed by atoms with Gasteiger partial charge < -0.3 is 4.74 Å². The van der Waals surface area contributed by atoms with Gasteiger partial charge in [-0.2, -0.15) is 5.10 Å². The fraction of sp³-hybridized carbons (Fsp3) is 0.167. The third-order valence-corrected chi connectivity index (χ3v) is 2.60. The minimum absolute atomic E-state index is 0.305. The number of carbonyl (C=O) groups excluding carboxylic acids is 1. The number of rotatable bonds is 3. The molecule has 0 unspecified atom stereocenters. The predicted molar refractivity (Wildman–Crippen MR) is 67.2 cm³/mol. The lowest BCUT2D eigenvalue weighted by Crippen LogP contribution is -2.04. The molecule has 0 fully saturated rings. The highest BCUT2D eigenvalue weighted by molar-refractivity contribution is 9.10. The Kier molecular flexibility index (Phi) is 3.58. The molecule has 1 aromatic carbocycles. The second-order valence-electron chi connectivity index (χ2n) is 3.37. The number of carbonyl (C=O) groups is 1. The summed E-state index contributed by atoms with van der Waals surface area (Å²) in [5.41, 5.74) is 1.44. The van der Waals surface area contributed by atoms with E-state index in [2.05, 4.69) is 21.0 Å². The Labute approximate surface area is 107 Å². The van der Waals surface area contributed by atoms with Crippen molar-refractivity contribution in [2.24, 2.45) is 0 Å². The highest BCUT2D eigenvalue weighted by atomic mass is 79.9. The summed E-state index contributed by atoms with van der Waals surface area (Å²) >= 11 is 3.33. The molecule has 0 bridgehead atoms. The van der Waals surface area contributed by atoms with Crippen LogP contribution in [0.2, 0.25) is 0 Å². The lowest BCUT2D eigenvalue weighted by molar-refractivity contribution is 0.0526. The van der Waals surface area contributed by atoms with Crippen LogP contribution in [0.5, 0.6) is 0 Å². The summed E-state index contributed by atoms with van der Waals surface area (Å²) < 4.78 is 7.54. The predicted octanol–water partition coefficient (Wildman–Crippen LogP) is 2.81. The van der Waals surface area contributed by atoms with Gasteiger partial charge in [-0.05, 0) is 47.1 Å². The van der Waals surface area contributed by atoms with Crippen molar-refractivity contribution in [1.29, 1.82) is 0 Å². The molecule has 1 heterocycles. The molecule has 0 radical (unpaired) electrons. The normalized spacial score (nSPS) is 10.2. The van der Waals surface area contributed by atoms with E-state index in [0.717, 1.165) is 10.2 Å². The fourth-order valence-electron chi connectivity index (χ4n) is 1.41. The Morgan fingerprint density at radius 3 is 2.65 bits per heavy atom. The first-order chi connectivity index (χ1) is 8.20. The van der Waals surface area contributed by atoms with E-state index in [1.54, 1.807) is 29.9 Å². The summed E-state index contributed by atoms with van der Waals surface area (Å²) in [5.74, 6) is -0.305. The molecule has 0 atom stereocenters. The molecule has 4 nitrogen and oxygen atoms in total. The van der Waals surface area contributed by atoms with Crippen LogP contribution >= 0.6 is 15.9 Å². The van der Waals surface area contributed by atoms with Crippen LogP contribution in [0.25, 0.3) is 5.69 Å². The third-order valence-electron chi connectivity index (χ3n) is 2.19. The molecular weight excluding hydrogens is 284 g/mol. The summed E-state index contributed by atoms with van der Waals surface area (Å²) in [6.45, 7) is 2.17. The Morgan fingerprint density at radius 1 is 1.41 bits per heavy atom. The van der Waals surface area contributed by atoms with Gasteiger partial charge in [0.15, 0.2) is 0 Å². The Bertz CT molecular complexity index is 520. The van der Waals surface area contributed by atoms with Gasteiger partial charge in [0.05, 0.1) is 28.5 Å². The summed E-state index contributed by atoms with van der Waals surface area (Å²) in [6.07, 6.45) is 3.55. The lowest BCUT2D eigenvalue weighted by atomic mass is 10.2. The smallest absolute Gasteiger partial charge is 0.338 e. The van der Waals surface area contributed by atoms with Crippen LogP contribution in [0, 0.1) is 0 Å². The van der Waals surface area contributed by atoms with Crippen LogP contribution in [-0.4, -0.2) is 22.4 Å². The van der Waals surface area contributed by atoms with Crippen LogP contribution in [-0.2, 0) is 4.74 Å². The highest BCUT2D eigenvalue weighted by Crippen LogP contribution is 2.13. The number of halogens is 1. The fourth-order valence-corrected chi connectivity index (χ4v) is 1.69. The van der Waals surface area contributed by atoms with E-state index >= 15 is 0 Å². The molecule has 17 heavy (non-hydrogen) atoms. The van der Waals surface area contributed by atoms with Crippen molar-refractivity contribution in [1.82, 2.24) is 9.78 Å². The zero-order valence-electron chi connectivity index (χ0n) is 9.26. The molecule has 0 aliphatic rings. The van der Waals surface area contributed by atoms with E-state index in [-0.39, 0.29) is 5.97 Å². The molecule has 0 amide bonds. The molecule has 5 heteroatoms. The molecule has 0 saturated heterocycles. The van der Waals surface area contributed by atoms with Crippen LogP contribution < -0.4 is 0 Å². The van der Waals surface area contributed by atoms with Crippen LogP contribution in [0.4, 0.5) is 0 Å². The SMILES string of the molecule is CCOC(=O)c1ccc(-n2cc(Br)cn2)cc1. The maximum absolute atomic E-state index is 11.4. The second-order valence-corrected chi connectivity index (χ2v) is 4.29. The Balaban J connectivity index is 2.21. The Hall–Kier alpha value is -1.62. The van der Waals surface area contributed by atoms with Gasteiger partial charge in [-0.25, -0.2) is 9.48 Å². The lowest BCUT2D eigenvalue weighted by Gasteiger charge is -2.03. The number of hydrogen-bond donors (Lipinski definition) is 0. The zero-order chi connectivity index (χ0) is 12.3. The van der Waals surface area contributed by atoms with Crippen LogP contribution in [0.1, 0.15) is 17.3 Å². The van der Waals surface area contributed by atoms with Gasteiger partial charge in [0.1, 0.15) is 0 Å². The monoisotopic (exact) mass is 294 g/mol. The standard InChI is InChI=1S/C12H11BrN2O2/c1-2-17-12(16)9-3-5-11(6-4-9)15-8-10(13)7-14-15/h3-8H,2H2,1H3. The molecular formula is C12H11BrN2O2. The van der Waals surface area contributed by atoms with Gasteiger partial charge >= 0.3 is 5.97 Å². The van der Waals surface area contributed by atoms with Crippen LogP contribution in [0.3, 0.4) is 0 Å². The van der Waals surface area contributed by atoms with Crippen molar-refractivity contribution in [3.05, 3.63) is 46.7 Å². The summed E-state index contributed by atoms with van der Waals surface area (Å²) in [5, 5.41) is 4.15. The average Bonchev–Trinajstić information content (AvgIpc) is 2.76. The third kappa shape index (κ3) is 2.74. The van der Waals surface area contributed by atoms with Crippen molar-refractivity contribution >= 4 is 21.9 Å². The summed E-state index contributed by atoms with van der Waals surface area (Å²) in [6, 6.07) is 7.10. The zero-order valence-corrected chi connectivity index (χ0v) is 10.8. The molecule has 1 aromatic heterocycles. The largest absolute Gasteiger partial charge is 0.462 e. The quantitative estimate of drug-likeness (QED) is 0.818. The summed E-state index contributed by atoms with van der Waals surface area (Å²) in [7, 11) is 0. The van der Waals surface area contributed by atoms with Gasteiger partial charge in [-0.1, -0.05) is 0 Å². The van der Waals surface area contributed by atoms with Gasteiger partial charge in [-0.3, -0.25) is 0 Å². The number of esters is 1. The van der Waals surface area contributed by atoms with E-state index in [1.165, 1.54) is 0 Å². The number of aromatic nitrogens is 2. The number of benzene rings is 1. The molecule has 0 aliphatic carbocycles. The van der Waals surface area contributed by atoms with Crippen LogP contribution in [0.15, 0.2) is 41.1 Å². The van der Waals surface area contributed by atoms with Gasteiger partial charge in [0, 0.05) is 6.20 Å². The molecule has 2 rings (SSSR count). The number of hydrogen-bond acceptors (Lipinski definition) is 3. The van der Waals surface area contributed by atoms with Gasteiger partial charge in [0.25, 0.3) is 0 Å². The van der Waals surface area contributed by atoms with Gasteiger partial charge in [-0.15, -0.1) is 0 Å². The van der Waals surface area contributed by atoms with E-state index in [1.807, 2.05) is 18.3 Å². The molecule has 0 aliphatic heterocycles. The molecule has 0 spiro atoms. The first kappa shape index (κ1) is 11.9. The minimum Gasteiger partial charge on any atom is -0.462 e. The maximum Gasteiger partial charge on any atom is 0.338 e. The first-order valence-electron chi connectivity index (χ1n) is 5.18. The molecule has 0 saturated carbocycles. The minimum atomic E-state index is -0.305. The van der Waals surface area contributed by atoms with E-state index in [0.29, 0.717) is 12.2 Å². The maximum atomic E-state index is 11.4. The van der Waals surface area contributed by atoms with Crippen molar-refractivity contribution in [2.75, 3.05) is 6.61 Å². The highest BCUT2D eigenvalue weighted by Gasteiger charge is 2.06. The van der Waals surface area contributed by atoms with Crippen molar-refractivity contribution in [3.63, 3.8) is 0 Å². The van der Waals surface area contributed by atoms with Crippen molar-refractivity contribution < 1.29 is 9.53 Å². The van der Waals surface area contributed by atoms with Gasteiger partial charge in [0.2, 0.25) is 0 Å². The summed E-state index contributed by atoms with van der Waals surface area (Å²) in [4.78, 5) is 11.4. The first-order valence-corrected chi connectivity index (χ1v) is 5.97. The van der Waals surface area contributed by atoms with E-state index in [9.17, 15) is 4.79 Å². The van der Waals surface area contributed by atoms with E-state index in [4.69, 9.17) is 4.74 Å². The van der Waals surface area contributed by atoms with Crippen molar-refractivity contribution in [3.8, 4) is 5.69 Å². The average molecular weight is 295 g/mol. The molecule has 0 N–H and O–H groups in total. The number of ether oxygens (including phenoxy) is 1. The van der Waals surface area contributed by atoms with Crippen molar-refractivity contribution in [2.45, 2.75) is 6.92 Å². The Morgan fingerprint density at radius 2 is 2.12 bits per heavy atom. The van der Waals surface area contributed by atoms with E-state index < -0.39 is 0 Å². The number of nitrogens with zero attached hydrogens (tertiary/aromatic N) is 2. The molecule has 2 aromatic rings. The molecule has 88 valence electrons.